The van der Waals surface area contributed by atoms with Crippen LogP contribution in [0.1, 0.15) is 13.8 Å². The normalized spacial score (nSPS) is 12.2. The molecule has 0 atom stereocenters. The highest BCUT2D eigenvalue weighted by atomic mass is 79.9. The van der Waals surface area contributed by atoms with Gasteiger partial charge < -0.3 is 5.32 Å². The third kappa shape index (κ3) is 4.28. The van der Waals surface area contributed by atoms with Crippen molar-refractivity contribution >= 4 is 47.8 Å². The summed E-state index contributed by atoms with van der Waals surface area (Å²) in [6.07, 6.45) is 0. The molecular formula is C12H16Br2N2O3S. The van der Waals surface area contributed by atoms with Gasteiger partial charge in [-0.05, 0) is 48.0 Å². The first kappa shape index (κ1) is 17.6. The van der Waals surface area contributed by atoms with Crippen LogP contribution in [-0.2, 0) is 14.8 Å². The van der Waals surface area contributed by atoms with E-state index in [1.54, 1.807) is 26.0 Å². The van der Waals surface area contributed by atoms with Crippen molar-refractivity contribution in [1.29, 1.82) is 0 Å². The lowest BCUT2D eigenvalue weighted by Crippen LogP contribution is -2.43. The molecule has 1 aromatic carbocycles. The van der Waals surface area contributed by atoms with E-state index in [1.165, 1.54) is 13.1 Å². The Balaban J connectivity index is 2.97. The molecule has 0 aliphatic rings. The van der Waals surface area contributed by atoms with Gasteiger partial charge in [-0.3, -0.25) is 4.79 Å². The van der Waals surface area contributed by atoms with E-state index < -0.39 is 15.4 Å². The lowest BCUT2D eigenvalue weighted by molar-refractivity contribution is -0.128. The number of carbonyl (C=O) groups is 1. The number of benzene rings is 1. The van der Waals surface area contributed by atoms with Crippen LogP contribution in [0.25, 0.3) is 0 Å². The summed E-state index contributed by atoms with van der Waals surface area (Å²) in [5.41, 5.74) is -0.833. The summed E-state index contributed by atoms with van der Waals surface area (Å²) < 4.78 is 28.1. The lowest BCUT2D eigenvalue weighted by atomic mass is 9.93. The van der Waals surface area contributed by atoms with Crippen molar-refractivity contribution in [2.75, 3.05) is 13.6 Å². The van der Waals surface area contributed by atoms with Gasteiger partial charge in [0, 0.05) is 22.5 Å². The van der Waals surface area contributed by atoms with Gasteiger partial charge in [0.1, 0.15) is 0 Å². The molecule has 0 aromatic heterocycles. The highest BCUT2D eigenvalue weighted by Crippen LogP contribution is 2.26. The summed E-state index contributed by atoms with van der Waals surface area (Å²) in [5.74, 6) is -0.228. The van der Waals surface area contributed by atoms with Gasteiger partial charge in [-0.25, -0.2) is 13.1 Å². The van der Waals surface area contributed by atoms with Crippen LogP contribution in [-0.4, -0.2) is 27.9 Å². The lowest BCUT2D eigenvalue weighted by Gasteiger charge is -2.23. The zero-order valence-electron chi connectivity index (χ0n) is 11.3. The molecule has 1 amide bonds. The van der Waals surface area contributed by atoms with Crippen molar-refractivity contribution in [1.82, 2.24) is 10.0 Å². The summed E-state index contributed by atoms with van der Waals surface area (Å²) >= 11 is 6.45. The molecule has 0 bridgehead atoms. The molecule has 0 fully saturated rings. The van der Waals surface area contributed by atoms with Crippen LogP contribution in [0.3, 0.4) is 0 Å². The largest absolute Gasteiger partial charge is 0.359 e. The smallest absolute Gasteiger partial charge is 0.241 e. The van der Waals surface area contributed by atoms with Gasteiger partial charge in [0.05, 0.1) is 10.3 Å². The van der Waals surface area contributed by atoms with Crippen molar-refractivity contribution in [3.63, 3.8) is 0 Å². The molecule has 0 unspecified atom stereocenters. The average Bonchev–Trinajstić information content (AvgIpc) is 2.38. The molecular weight excluding hydrogens is 412 g/mol. The number of carbonyl (C=O) groups excluding carboxylic acids is 1. The third-order valence-corrected chi connectivity index (χ3v) is 5.62. The molecule has 0 saturated carbocycles. The Labute approximate surface area is 135 Å². The fraction of sp³-hybridized carbons (Fsp3) is 0.417. The summed E-state index contributed by atoms with van der Waals surface area (Å²) in [4.78, 5) is 11.8. The van der Waals surface area contributed by atoms with Crippen LogP contribution in [0.2, 0.25) is 0 Å². The van der Waals surface area contributed by atoms with Crippen LogP contribution in [0.4, 0.5) is 0 Å². The first-order valence-electron chi connectivity index (χ1n) is 5.77. The van der Waals surface area contributed by atoms with E-state index in [4.69, 9.17) is 0 Å². The fourth-order valence-corrected chi connectivity index (χ4v) is 4.17. The summed E-state index contributed by atoms with van der Waals surface area (Å²) in [6, 6.07) is 4.87. The number of hydrogen-bond donors (Lipinski definition) is 2. The quantitative estimate of drug-likeness (QED) is 0.756. The maximum Gasteiger partial charge on any atom is 0.241 e. The van der Waals surface area contributed by atoms with Gasteiger partial charge in [0.15, 0.2) is 0 Å². The zero-order valence-corrected chi connectivity index (χ0v) is 15.3. The van der Waals surface area contributed by atoms with Crippen LogP contribution >= 0.6 is 31.9 Å². The van der Waals surface area contributed by atoms with Gasteiger partial charge >= 0.3 is 0 Å². The van der Waals surface area contributed by atoms with Crippen molar-refractivity contribution in [3.05, 3.63) is 27.1 Å². The van der Waals surface area contributed by atoms with Crippen LogP contribution in [0, 0.1) is 5.41 Å². The maximum absolute atomic E-state index is 12.3. The maximum atomic E-state index is 12.3. The number of sulfonamides is 1. The topological polar surface area (TPSA) is 75.3 Å². The van der Waals surface area contributed by atoms with E-state index in [0.29, 0.717) is 8.95 Å². The standard InChI is InChI=1S/C12H16Br2N2O3S/c1-12(2,11(17)15-3)7-16-20(18,19)10-6-8(13)4-5-9(10)14/h4-6,16H,7H2,1-3H3,(H,15,17). The molecule has 20 heavy (non-hydrogen) atoms. The van der Waals surface area contributed by atoms with Gasteiger partial charge in [0.2, 0.25) is 15.9 Å². The Morgan fingerprint density at radius 1 is 1.30 bits per heavy atom. The molecule has 0 saturated heterocycles. The molecule has 0 radical (unpaired) electrons. The predicted molar refractivity (Wildman–Crippen MR) is 84.9 cm³/mol. The summed E-state index contributed by atoms with van der Waals surface area (Å²) in [5, 5.41) is 2.51. The fourth-order valence-electron chi connectivity index (χ4n) is 1.45. The van der Waals surface area contributed by atoms with E-state index in [9.17, 15) is 13.2 Å². The summed E-state index contributed by atoms with van der Waals surface area (Å²) in [6.45, 7) is 3.35. The van der Waals surface area contributed by atoms with Crippen LogP contribution in [0.5, 0.6) is 0 Å². The molecule has 112 valence electrons. The number of nitrogens with one attached hydrogen (secondary N) is 2. The third-order valence-electron chi connectivity index (χ3n) is 2.73. The Morgan fingerprint density at radius 3 is 2.45 bits per heavy atom. The van der Waals surface area contributed by atoms with Crippen LogP contribution < -0.4 is 10.0 Å². The van der Waals surface area contributed by atoms with E-state index >= 15 is 0 Å². The van der Waals surface area contributed by atoms with Crippen molar-refractivity contribution < 1.29 is 13.2 Å². The molecule has 1 rings (SSSR count). The Morgan fingerprint density at radius 2 is 1.90 bits per heavy atom. The Hall–Kier alpha value is -0.440. The molecule has 5 nitrogen and oxygen atoms in total. The van der Waals surface area contributed by atoms with Gasteiger partial charge in [-0.15, -0.1) is 0 Å². The Kier molecular flexibility index (Phi) is 5.77. The number of halogens is 2. The number of hydrogen-bond acceptors (Lipinski definition) is 3. The molecule has 1 aromatic rings. The monoisotopic (exact) mass is 426 g/mol. The molecule has 0 spiro atoms. The zero-order chi connectivity index (χ0) is 15.6. The second-order valence-electron chi connectivity index (χ2n) is 4.86. The van der Waals surface area contributed by atoms with Crippen molar-refractivity contribution in [2.24, 2.45) is 5.41 Å². The van der Waals surface area contributed by atoms with E-state index in [1.807, 2.05) is 0 Å². The second-order valence-corrected chi connectivity index (χ2v) is 8.37. The molecule has 8 heteroatoms. The average molecular weight is 428 g/mol. The predicted octanol–water partition coefficient (Wildman–Crippen LogP) is 2.26. The van der Waals surface area contributed by atoms with Gasteiger partial charge in [-0.1, -0.05) is 15.9 Å². The van der Waals surface area contributed by atoms with Gasteiger partial charge in [-0.2, -0.15) is 0 Å². The van der Waals surface area contributed by atoms with E-state index in [-0.39, 0.29) is 17.3 Å². The minimum atomic E-state index is -3.70. The van der Waals surface area contributed by atoms with Crippen molar-refractivity contribution in [3.8, 4) is 0 Å². The first-order chi connectivity index (χ1) is 9.10. The molecule has 0 aliphatic heterocycles. The van der Waals surface area contributed by atoms with Crippen molar-refractivity contribution in [2.45, 2.75) is 18.7 Å². The minimum absolute atomic E-state index is 0.00790. The molecule has 0 heterocycles. The Bertz CT molecular complexity index is 615. The SMILES string of the molecule is CNC(=O)C(C)(C)CNS(=O)(=O)c1cc(Br)ccc1Br. The molecule has 0 aliphatic carbocycles. The van der Waals surface area contributed by atoms with Gasteiger partial charge in [0.25, 0.3) is 0 Å². The van der Waals surface area contributed by atoms with E-state index in [2.05, 4.69) is 41.9 Å². The molecule has 2 N–H and O–H groups in total. The highest BCUT2D eigenvalue weighted by molar-refractivity contribution is 9.11. The van der Waals surface area contributed by atoms with E-state index in [0.717, 1.165) is 0 Å². The minimum Gasteiger partial charge on any atom is -0.359 e. The highest BCUT2D eigenvalue weighted by Gasteiger charge is 2.29. The second kappa shape index (κ2) is 6.55. The summed E-state index contributed by atoms with van der Waals surface area (Å²) in [7, 11) is -2.18. The van der Waals surface area contributed by atoms with Crippen LogP contribution in [0.15, 0.2) is 32.0 Å². The number of amides is 1. The number of rotatable bonds is 5. The first-order valence-corrected chi connectivity index (χ1v) is 8.84.